The predicted molar refractivity (Wildman–Crippen MR) is 71.8 cm³/mol. The van der Waals surface area contributed by atoms with E-state index in [0.29, 0.717) is 17.6 Å². The van der Waals surface area contributed by atoms with Crippen LogP contribution in [0.3, 0.4) is 0 Å². The highest BCUT2D eigenvalue weighted by Gasteiger charge is 2.50. The molecule has 0 N–H and O–H groups in total. The average Bonchev–Trinajstić information content (AvgIpc) is 2.51. The van der Waals surface area contributed by atoms with Gasteiger partial charge in [0.15, 0.2) is 0 Å². The zero-order chi connectivity index (χ0) is 12.6. The van der Waals surface area contributed by atoms with Crippen LogP contribution in [0.25, 0.3) is 0 Å². The van der Waals surface area contributed by atoms with Crippen LogP contribution >= 0.6 is 0 Å². The second kappa shape index (κ2) is 4.74. The molecule has 0 amide bonds. The third-order valence-electron chi connectivity index (χ3n) is 6.24. The summed E-state index contributed by atoms with van der Waals surface area (Å²) < 4.78 is 0. The van der Waals surface area contributed by atoms with Crippen molar-refractivity contribution >= 4 is 5.78 Å². The van der Waals surface area contributed by atoms with E-state index >= 15 is 0 Å². The van der Waals surface area contributed by atoms with Gasteiger partial charge in [-0.05, 0) is 43.4 Å². The molecule has 5 atom stereocenters. The van der Waals surface area contributed by atoms with Crippen LogP contribution < -0.4 is 0 Å². The van der Waals surface area contributed by atoms with E-state index in [4.69, 9.17) is 0 Å². The lowest BCUT2D eigenvalue weighted by molar-refractivity contribution is -0.139. The lowest BCUT2D eigenvalue weighted by Crippen LogP contribution is -2.49. The van der Waals surface area contributed by atoms with Crippen molar-refractivity contribution < 1.29 is 4.79 Å². The minimum atomic E-state index is -0.0640. The largest absolute Gasteiger partial charge is 0.299 e. The molecule has 0 heterocycles. The lowest BCUT2D eigenvalue weighted by Gasteiger charge is -2.51. The summed E-state index contributed by atoms with van der Waals surface area (Å²) in [7, 11) is 0. The smallest absolute Gasteiger partial charge is 0.136 e. The second-order valence-electron chi connectivity index (χ2n) is 6.83. The molecule has 2 aliphatic carbocycles. The Kier molecular flexibility index (Phi) is 3.66. The maximum atomic E-state index is 12.1. The van der Waals surface area contributed by atoms with Crippen molar-refractivity contribution in [2.75, 3.05) is 0 Å². The van der Waals surface area contributed by atoms with Crippen molar-refractivity contribution in [1.29, 1.82) is 0 Å². The fourth-order valence-corrected chi connectivity index (χ4v) is 4.62. The molecular formula is C16H28O. The van der Waals surface area contributed by atoms with Crippen molar-refractivity contribution in [2.45, 2.75) is 66.2 Å². The molecule has 2 saturated carbocycles. The number of rotatable bonds is 1. The molecular weight excluding hydrogens is 208 g/mol. The zero-order valence-electron chi connectivity index (χ0n) is 12.0. The van der Waals surface area contributed by atoms with Crippen LogP contribution in [0.2, 0.25) is 0 Å². The average molecular weight is 236 g/mol. The Labute approximate surface area is 106 Å². The third-order valence-corrected chi connectivity index (χ3v) is 6.24. The molecule has 1 nitrogen and oxygen atoms in total. The maximum Gasteiger partial charge on any atom is 0.136 e. The molecule has 0 spiro atoms. The molecule has 0 aromatic carbocycles. The van der Waals surface area contributed by atoms with Crippen molar-refractivity contribution in [1.82, 2.24) is 0 Å². The highest BCUT2D eigenvalue weighted by atomic mass is 16.1. The molecule has 1 heteroatoms. The van der Waals surface area contributed by atoms with Crippen molar-refractivity contribution in [3.05, 3.63) is 0 Å². The minimum absolute atomic E-state index is 0.0640. The SMILES string of the molecule is CC(=O)C1(C)C(C)CC2CCCCCC2C1C. The van der Waals surface area contributed by atoms with E-state index in [9.17, 15) is 4.79 Å². The molecule has 5 unspecified atom stereocenters. The van der Waals surface area contributed by atoms with E-state index in [1.54, 1.807) is 0 Å². The third kappa shape index (κ3) is 2.06. The molecule has 0 bridgehead atoms. The Morgan fingerprint density at radius 3 is 2.41 bits per heavy atom. The summed E-state index contributed by atoms with van der Waals surface area (Å²) in [5, 5.41) is 0. The summed E-state index contributed by atoms with van der Waals surface area (Å²) in [4.78, 5) is 12.1. The molecule has 0 radical (unpaired) electrons. The van der Waals surface area contributed by atoms with Crippen molar-refractivity contribution in [3.8, 4) is 0 Å². The van der Waals surface area contributed by atoms with Crippen LogP contribution in [-0.2, 0) is 4.79 Å². The summed E-state index contributed by atoms with van der Waals surface area (Å²) in [5.41, 5.74) is -0.0640. The maximum absolute atomic E-state index is 12.1. The van der Waals surface area contributed by atoms with Gasteiger partial charge in [-0.2, -0.15) is 0 Å². The number of fused-ring (bicyclic) bond motifs is 1. The molecule has 0 aromatic heterocycles. The standard InChI is InChI=1S/C16H28O/c1-11-10-14-8-6-5-7-9-15(14)12(2)16(11,4)13(3)17/h11-12,14-15H,5-10H2,1-4H3. The Hall–Kier alpha value is -0.330. The molecule has 0 saturated heterocycles. The first-order chi connectivity index (χ1) is 7.98. The van der Waals surface area contributed by atoms with Crippen molar-refractivity contribution in [3.63, 3.8) is 0 Å². The number of carbonyl (C=O) groups is 1. The Morgan fingerprint density at radius 2 is 1.76 bits per heavy atom. The van der Waals surface area contributed by atoms with Gasteiger partial charge in [0, 0.05) is 5.41 Å². The summed E-state index contributed by atoms with van der Waals surface area (Å²) in [6.07, 6.45) is 8.26. The molecule has 0 aliphatic heterocycles. The van der Waals surface area contributed by atoms with Crippen LogP contribution in [0.15, 0.2) is 0 Å². The fraction of sp³-hybridized carbons (Fsp3) is 0.938. The van der Waals surface area contributed by atoms with E-state index in [2.05, 4.69) is 20.8 Å². The highest BCUT2D eigenvalue weighted by molar-refractivity contribution is 5.82. The monoisotopic (exact) mass is 236 g/mol. The Balaban J connectivity index is 2.26. The van der Waals surface area contributed by atoms with Gasteiger partial charge < -0.3 is 0 Å². The molecule has 98 valence electrons. The van der Waals surface area contributed by atoms with E-state index in [0.717, 1.165) is 11.8 Å². The van der Waals surface area contributed by atoms with Crippen LogP contribution in [0.4, 0.5) is 0 Å². The first-order valence-electron chi connectivity index (χ1n) is 7.49. The van der Waals surface area contributed by atoms with E-state index in [1.165, 1.54) is 38.5 Å². The number of Topliss-reactive ketones (excluding diaryl/α,β-unsaturated/α-hetero) is 1. The van der Waals surface area contributed by atoms with Crippen LogP contribution in [-0.4, -0.2) is 5.78 Å². The van der Waals surface area contributed by atoms with E-state index in [1.807, 2.05) is 6.92 Å². The van der Waals surface area contributed by atoms with E-state index in [-0.39, 0.29) is 5.41 Å². The van der Waals surface area contributed by atoms with Gasteiger partial charge in [0.05, 0.1) is 0 Å². The normalized spacial score (nSPS) is 47.1. The van der Waals surface area contributed by atoms with Gasteiger partial charge in [0.25, 0.3) is 0 Å². The lowest BCUT2D eigenvalue weighted by atomic mass is 9.53. The fourth-order valence-electron chi connectivity index (χ4n) is 4.62. The summed E-state index contributed by atoms with van der Waals surface area (Å²) in [5.74, 6) is 3.26. The van der Waals surface area contributed by atoms with Gasteiger partial charge >= 0.3 is 0 Å². The summed E-state index contributed by atoms with van der Waals surface area (Å²) >= 11 is 0. The minimum Gasteiger partial charge on any atom is -0.299 e. The van der Waals surface area contributed by atoms with Gasteiger partial charge in [-0.25, -0.2) is 0 Å². The van der Waals surface area contributed by atoms with Gasteiger partial charge in [0.2, 0.25) is 0 Å². The van der Waals surface area contributed by atoms with Crippen LogP contribution in [0.1, 0.15) is 66.2 Å². The molecule has 2 fully saturated rings. The Morgan fingerprint density at radius 1 is 1.12 bits per heavy atom. The number of hydrogen-bond donors (Lipinski definition) is 0. The number of carbonyl (C=O) groups excluding carboxylic acids is 1. The van der Waals surface area contributed by atoms with Gasteiger partial charge in [-0.3, -0.25) is 4.79 Å². The molecule has 17 heavy (non-hydrogen) atoms. The van der Waals surface area contributed by atoms with Crippen LogP contribution in [0.5, 0.6) is 0 Å². The van der Waals surface area contributed by atoms with Crippen LogP contribution in [0, 0.1) is 29.1 Å². The van der Waals surface area contributed by atoms with Gasteiger partial charge in [0.1, 0.15) is 5.78 Å². The topological polar surface area (TPSA) is 17.1 Å². The number of hydrogen-bond acceptors (Lipinski definition) is 1. The zero-order valence-corrected chi connectivity index (χ0v) is 12.0. The first kappa shape index (κ1) is 13.1. The van der Waals surface area contributed by atoms with Gasteiger partial charge in [-0.1, -0.05) is 46.5 Å². The first-order valence-corrected chi connectivity index (χ1v) is 7.49. The van der Waals surface area contributed by atoms with Crippen molar-refractivity contribution in [2.24, 2.45) is 29.1 Å². The van der Waals surface area contributed by atoms with E-state index < -0.39 is 0 Å². The molecule has 2 rings (SSSR count). The summed E-state index contributed by atoms with van der Waals surface area (Å²) in [6.45, 7) is 8.69. The quantitative estimate of drug-likeness (QED) is 0.657. The molecule has 0 aromatic rings. The Bertz CT molecular complexity index is 296. The highest BCUT2D eigenvalue weighted by Crippen LogP contribution is 2.54. The summed E-state index contributed by atoms with van der Waals surface area (Å²) in [6, 6.07) is 0. The predicted octanol–water partition coefficient (Wildman–Crippen LogP) is 4.45. The van der Waals surface area contributed by atoms with Gasteiger partial charge in [-0.15, -0.1) is 0 Å². The number of ketones is 1. The molecule has 2 aliphatic rings. The second-order valence-corrected chi connectivity index (χ2v) is 6.83.